The lowest BCUT2D eigenvalue weighted by molar-refractivity contribution is -0.126. The third-order valence-corrected chi connectivity index (χ3v) is 5.08. The number of allylic oxidation sites excluding steroid dienone is 2. The third kappa shape index (κ3) is 8.73. The molecular weight excluding hydrogens is 473 g/mol. The van der Waals surface area contributed by atoms with E-state index in [0.717, 1.165) is 16.0 Å². The SMILES string of the molecule is COc1ccc(/C=C/C=C/C(=O)N(C(=O)OC(C)(C)C)[C@H](C)/C=C\c2ccc(Cl)cc2)c(Cl)c1. The van der Waals surface area contributed by atoms with E-state index in [9.17, 15) is 9.59 Å². The van der Waals surface area contributed by atoms with Crippen LogP contribution in [0.4, 0.5) is 4.79 Å². The number of halogens is 2. The summed E-state index contributed by atoms with van der Waals surface area (Å²) in [5.74, 6) is 0.148. The molecule has 0 spiro atoms. The quantitative estimate of drug-likeness (QED) is 0.292. The summed E-state index contributed by atoms with van der Waals surface area (Å²) in [4.78, 5) is 26.8. The number of rotatable bonds is 7. The second kappa shape index (κ2) is 12.4. The molecule has 180 valence electrons. The summed E-state index contributed by atoms with van der Waals surface area (Å²) in [5, 5.41) is 1.15. The van der Waals surface area contributed by atoms with Crippen LogP contribution < -0.4 is 4.74 Å². The highest BCUT2D eigenvalue weighted by molar-refractivity contribution is 6.32. The number of methoxy groups -OCH3 is 1. The van der Waals surface area contributed by atoms with Crippen LogP contribution in [-0.2, 0) is 9.53 Å². The van der Waals surface area contributed by atoms with Gasteiger partial charge in [0.25, 0.3) is 5.91 Å². The first-order valence-corrected chi connectivity index (χ1v) is 11.4. The molecule has 0 bridgehead atoms. The molecule has 0 saturated carbocycles. The van der Waals surface area contributed by atoms with Gasteiger partial charge in [0.05, 0.1) is 18.2 Å². The lowest BCUT2D eigenvalue weighted by atomic mass is 10.1. The molecule has 0 N–H and O–H groups in total. The van der Waals surface area contributed by atoms with Gasteiger partial charge in [-0.05, 0) is 69.2 Å². The predicted octanol–water partition coefficient (Wildman–Crippen LogP) is 7.44. The summed E-state index contributed by atoms with van der Waals surface area (Å²) < 4.78 is 10.6. The number of ether oxygens (including phenoxy) is 2. The van der Waals surface area contributed by atoms with Crippen molar-refractivity contribution in [2.75, 3.05) is 7.11 Å². The van der Waals surface area contributed by atoms with Gasteiger partial charge in [0, 0.05) is 11.1 Å². The van der Waals surface area contributed by atoms with Crippen LogP contribution in [0.5, 0.6) is 5.75 Å². The molecule has 2 aromatic rings. The minimum absolute atomic E-state index is 0.506. The Morgan fingerprint density at radius 3 is 2.26 bits per heavy atom. The number of amides is 2. The number of nitrogens with zero attached hydrogens (tertiary/aromatic N) is 1. The maximum absolute atomic E-state index is 12.9. The highest BCUT2D eigenvalue weighted by Gasteiger charge is 2.29. The topological polar surface area (TPSA) is 55.8 Å². The summed E-state index contributed by atoms with van der Waals surface area (Å²) in [7, 11) is 1.57. The van der Waals surface area contributed by atoms with Crippen LogP contribution in [0, 0.1) is 0 Å². The smallest absolute Gasteiger partial charge is 0.417 e. The summed E-state index contributed by atoms with van der Waals surface area (Å²) in [5.41, 5.74) is 0.912. The van der Waals surface area contributed by atoms with Crippen molar-refractivity contribution in [1.82, 2.24) is 4.90 Å². The van der Waals surface area contributed by atoms with Gasteiger partial charge < -0.3 is 9.47 Å². The van der Waals surface area contributed by atoms with E-state index in [0.29, 0.717) is 15.8 Å². The van der Waals surface area contributed by atoms with Crippen LogP contribution in [0.25, 0.3) is 12.2 Å². The Bertz CT molecular complexity index is 1080. The molecule has 0 radical (unpaired) electrons. The van der Waals surface area contributed by atoms with Gasteiger partial charge in [-0.2, -0.15) is 0 Å². The van der Waals surface area contributed by atoms with Crippen LogP contribution in [-0.4, -0.2) is 35.7 Å². The Labute approximate surface area is 211 Å². The molecule has 0 saturated heterocycles. The highest BCUT2D eigenvalue weighted by atomic mass is 35.5. The van der Waals surface area contributed by atoms with Crippen molar-refractivity contribution < 1.29 is 19.1 Å². The van der Waals surface area contributed by atoms with Gasteiger partial charge in [-0.15, -0.1) is 0 Å². The number of hydrogen-bond donors (Lipinski definition) is 0. The van der Waals surface area contributed by atoms with Crippen molar-refractivity contribution in [3.63, 3.8) is 0 Å². The summed E-state index contributed by atoms with van der Waals surface area (Å²) in [6.07, 6.45) is 9.14. The number of carbonyl (C=O) groups is 2. The molecule has 2 aromatic carbocycles. The van der Waals surface area contributed by atoms with Crippen molar-refractivity contribution in [3.8, 4) is 5.75 Å². The minimum Gasteiger partial charge on any atom is -0.497 e. The average molecular weight is 502 g/mol. The first-order chi connectivity index (χ1) is 16.0. The monoisotopic (exact) mass is 501 g/mol. The number of hydrogen-bond acceptors (Lipinski definition) is 4. The van der Waals surface area contributed by atoms with Gasteiger partial charge >= 0.3 is 6.09 Å². The molecule has 7 heteroatoms. The van der Waals surface area contributed by atoms with Gasteiger partial charge in [-0.1, -0.05) is 65.7 Å². The Hall–Kier alpha value is -3.02. The van der Waals surface area contributed by atoms with E-state index in [4.69, 9.17) is 32.7 Å². The normalized spacial score (nSPS) is 12.9. The largest absolute Gasteiger partial charge is 0.497 e. The number of imide groups is 1. The lowest BCUT2D eigenvalue weighted by Crippen LogP contribution is -2.44. The Balaban J connectivity index is 2.19. The lowest BCUT2D eigenvalue weighted by Gasteiger charge is -2.28. The van der Waals surface area contributed by atoms with Gasteiger partial charge in [0.15, 0.2) is 0 Å². The second-order valence-corrected chi connectivity index (χ2v) is 9.29. The predicted molar refractivity (Wildman–Crippen MR) is 139 cm³/mol. The second-order valence-electron chi connectivity index (χ2n) is 8.45. The number of benzene rings is 2. The minimum atomic E-state index is -0.746. The molecule has 0 aliphatic carbocycles. The van der Waals surface area contributed by atoms with E-state index in [-0.39, 0.29) is 0 Å². The van der Waals surface area contributed by atoms with Crippen molar-refractivity contribution in [2.24, 2.45) is 0 Å². The molecule has 34 heavy (non-hydrogen) atoms. The first-order valence-electron chi connectivity index (χ1n) is 10.7. The molecule has 2 rings (SSSR count). The summed E-state index contributed by atoms with van der Waals surface area (Å²) in [6, 6.07) is 12.0. The average Bonchev–Trinajstić information content (AvgIpc) is 2.76. The zero-order valence-electron chi connectivity index (χ0n) is 19.9. The van der Waals surface area contributed by atoms with Gasteiger partial charge in [-0.25, -0.2) is 9.69 Å². The first kappa shape index (κ1) is 27.2. The molecule has 0 heterocycles. The summed E-state index contributed by atoms with van der Waals surface area (Å²) >= 11 is 12.2. The maximum atomic E-state index is 12.9. The molecule has 0 fully saturated rings. The van der Waals surface area contributed by atoms with Crippen molar-refractivity contribution in [2.45, 2.75) is 39.3 Å². The third-order valence-electron chi connectivity index (χ3n) is 4.51. The Morgan fingerprint density at radius 1 is 1.00 bits per heavy atom. The molecular formula is C27H29Cl2NO4. The van der Waals surface area contributed by atoms with Crippen molar-refractivity contribution in [1.29, 1.82) is 0 Å². The molecule has 5 nitrogen and oxygen atoms in total. The molecule has 2 amide bonds. The van der Waals surface area contributed by atoms with E-state index >= 15 is 0 Å². The Morgan fingerprint density at radius 2 is 1.68 bits per heavy atom. The van der Waals surface area contributed by atoms with E-state index < -0.39 is 23.6 Å². The van der Waals surface area contributed by atoms with Crippen LogP contribution in [0.15, 0.2) is 66.8 Å². The van der Waals surface area contributed by atoms with Gasteiger partial charge in [0.1, 0.15) is 11.4 Å². The van der Waals surface area contributed by atoms with Gasteiger partial charge in [0.2, 0.25) is 0 Å². The fourth-order valence-electron chi connectivity index (χ4n) is 2.83. The molecule has 1 atom stereocenters. The zero-order chi connectivity index (χ0) is 25.3. The summed E-state index contributed by atoms with van der Waals surface area (Å²) in [6.45, 7) is 6.99. The van der Waals surface area contributed by atoms with Crippen molar-refractivity contribution >= 4 is 47.4 Å². The molecule has 0 aliphatic heterocycles. The fourth-order valence-corrected chi connectivity index (χ4v) is 3.19. The van der Waals surface area contributed by atoms with Crippen LogP contribution in [0.1, 0.15) is 38.8 Å². The molecule has 0 unspecified atom stereocenters. The van der Waals surface area contributed by atoms with E-state index in [1.165, 1.54) is 6.08 Å². The van der Waals surface area contributed by atoms with Gasteiger partial charge in [-0.3, -0.25) is 4.79 Å². The van der Waals surface area contributed by atoms with E-state index in [1.54, 1.807) is 83.4 Å². The number of carbonyl (C=O) groups excluding carboxylic acids is 2. The Kier molecular flexibility index (Phi) is 9.97. The van der Waals surface area contributed by atoms with Crippen molar-refractivity contribution in [3.05, 3.63) is 87.9 Å². The zero-order valence-corrected chi connectivity index (χ0v) is 21.4. The van der Waals surface area contributed by atoms with Crippen LogP contribution in [0.2, 0.25) is 10.0 Å². The van der Waals surface area contributed by atoms with E-state index in [2.05, 4.69) is 0 Å². The molecule has 0 aromatic heterocycles. The fraction of sp³-hybridized carbons (Fsp3) is 0.259. The van der Waals surface area contributed by atoms with E-state index in [1.807, 2.05) is 24.3 Å². The van der Waals surface area contributed by atoms with Crippen LogP contribution in [0.3, 0.4) is 0 Å². The molecule has 0 aliphatic rings. The maximum Gasteiger partial charge on any atom is 0.417 e. The van der Waals surface area contributed by atoms with Crippen LogP contribution >= 0.6 is 23.2 Å². The highest BCUT2D eigenvalue weighted by Crippen LogP contribution is 2.23. The standard InChI is InChI=1S/C27H29Cl2NO4/c1-19(10-11-20-12-15-22(28)16-13-20)30(26(32)34-27(2,3)4)25(31)9-7-6-8-21-14-17-23(33-5)18-24(21)29/h6-19H,1-5H3/b8-6+,9-7+,11-10-/t19-/m1/s1.